The summed E-state index contributed by atoms with van der Waals surface area (Å²) >= 11 is 1.66. The van der Waals surface area contributed by atoms with Crippen LogP contribution in [-0.4, -0.2) is 53.5 Å². The van der Waals surface area contributed by atoms with E-state index in [1.165, 1.54) is 0 Å². The number of carbonyl (C=O) groups is 1. The summed E-state index contributed by atoms with van der Waals surface area (Å²) in [4.78, 5) is 20.9. The van der Waals surface area contributed by atoms with Crippen LogP contribution in [0.15, 0.2) is 29.6 Å². The van der Waals surface area contributed by atoms with E-state index in [2.05, 4.69) is 21.3 Å². The minimum atomic E-state index is -0.0445. The Morgan fingerprint density at radius 3 is 2.76 bits per heavy atom. The Labute approximate surface area is 151 Å². The first-order chi connectivity index (χ1) is 12.2. The molecule has 1 fully saturated rings. The summed E-state index contributed by atoms with van der Waals surface area (Å²) in [7, 11) is 0. The lowest BCUT2D eigenvalue weighted by molar-refractivity contribution is -0.135. The minimum Gasteiger partial charge on any atom is -0.482 e. The van der Waals surface area contributed by atoms with Gasteiger partial charge in [0.05, 0.1) is 16.3 Å². The molecule has 1 aliphatic heterocycles. The van der Waals surface area contributed by atoms with Crippen molar-refractivity contribution in [2.45, 2.75) is 13.5 Å². The Kier molecular flexibility index (Phi) is 5.64. The van der Waals surface area contributed by atoms with Crippen molar-refractivity contribution in [2.75, 3.05) is 32.8 Å². The molecule has 0 spiro atoms. The molecule has 0 N–H and O–H groups in total. The topological polar surface area (TPSA) is 69.5 Å². The highest BCUT2D eigenvalue weighted by atomic mass is 32.1. The zero-order chi connectivity index (χ0) is 17.6. The fourth-order valence-electron chi connectivity index (χ4n) is 2.78. The first kappa shape index (κ1) is 17.4. The van der Waals surface area contributed by atoms with Gasteiger partial charge in [-0.25, -0.2) is 4.98 Å². The number of carbonyl (C=O) groups excluding carboxylic acids is 1. The normalized spacial score (nSPS) is 15.0. The number of nitrogens with zero attached hydrogens (tertiary/aromatic N) is 4. The molecule has 1 aliphatic rings. The summed E-state index contributed by atoms with van der Waals surface area (Å²) in [6.07, 6.45) is 0. The summed E-state index contributed by atoms with van der Waals surface area (Å²) in [6.45, 7) is 5.84. The average Bonchev–Trinajstić information content (AvgIpc) is 3.05. The summed E-state index contributed by atoms with van der Waals surface area (Å²) in [5.74, 6) is 0.410. The van der Waals surface area contributed by atoms with Crippen molar-refractivity contribution in [1.82, 2.24) is 14.8 Å². The number of rotatable bonds is 5. The molecule has 0 unspecified atom stereocenters. The van der Waals surface area contributed by atoms with E-state index in [1.54, 1.807) is 35.6 Å². The van der Waals surface area contributed by atoms with Crippen molar-refractivity contribution in [3.8, 4) is 11.8 Å². The quantitative estimate of drug-likeness (QED) is 0.820. The highest BCUT2D eigenvalue weighted by Crippen LogP contribution is 2.17. The van der Waals surface area contributed by atoms with E-state index in [0.29, 0.717) is 24.4 Å². The first-order valence-electron chi connectivity index (χ1n) is 8.19. The number of piperazine rings is 1. The largest absolute Gasteiger partial charge is 0.482 e. The Morgan fingerprint density at radius 1 is 1.32 bits per heavy atom. The maximum absolute atomic E-state index is 12.3. The summed E-state index contributed by atoms with van der Waals surface area (Å²) < 4.78 is 5.53. The zero-order valence-corrected chi connectivity index (χ0v) is 15.0. The molecule has 6 nitrogen and oxygen atoms in total. The van der Waals surface area contributed by atoms with Gasteiger partial charge in [-0.2, -0.15) is 5.26 Å². The van der Waals surface area contributed by atoms with Crippen LogP contribution in [0.4, 0.5) is 0 Å². The fraction of sp³-hybridized carbons (Fsp3) is 0.389. The molecule has 0 saturated carbocycles. The third-order valence-corrected chi connectivity index (χ3v) is 4.96. The number of nitriles is 1. The van der Waals surface area contributed by atoms with E-state index in [9.17, 15) is 4.79 Å². The van der Waals surface area contributed by atoms with Crippen LogP contribution in [0.5, 0.6) is 5.75 Å². The Bertz CT molecular complexity index is 775. The van der Waals surface area contributed by atoms with E-state index in [0.717, 1.165) is 30.3 Å². The average molecular weight is 356 g/mol. The fourth-order valence-corrected chi connectivity index (χ4v) is 3.38. The maximum atomic E-state index is 12.3. The van der Waals surface area contributed by atoms with E-state index in [1.807, 2.05) is 11.8 Å². The zero-order valence-electron chi connectivity index (χ0n) is 14.1. The number of aryl methyl sites for hydroxylation is 1. The van der Waals surface area contributed by atoms with Crippen molar-refractivity contribution in [1.29, 1.82) is 5.26 Å². The van der Waals surface area contributed by atoms with Gasteiger partial charge in [-0.3, -0.25) is 9.69 Å². The molecule has 0 bridgehead atoms. The molecule has 2 heterocycles. The van der Waals surface area contributed by atoms with Gasteiger partial charge in [0.15, 0.2) is 6.61 Å². The lowest BCUT2D eigenvalue weighted by Crippen LogP contribution is -2.49. The predicted octanol–water partition coefficient (Wildman–Crippen LogP) is 2.05. The minimum absolute atomic E-state index is 0.0377. The Morgan fingerprint density at radius 2 is 2.08 bits per heavy atom. The maximum Gasteiger partial charge on any atom is 0.260 e. The number of hydrogen-bond donors (Lipinski definition) is 0. The van der Waals surface area contributed by atoms with Gasteiger partial charge in [-0.15, -0.1) is 11.3 Å². The number of amides is 1. The third-order valence-electron chi connectivity index (χ3n) is 4.14. The predicted molar refractivity (Wildman–Crippen MR) is 95.4 cm³/mol. The second kappa shape index (κ2) is 8.10. The number of hydrogen-bond acceptors (Lipinski definition) is 6. The summed E-state index contributed by atoms with van der Waals surface area (Å²) in [5, 5.41) is 12.2. The molecule has 130 valence electrons. The molecule has 7 heteroatoms. The van der Waals surface area contributed by atoms with Gasteiger partial charge in [0.25, 0.3) is 5.91 Å². The molecular weight excluding hydrogens is 336 g/mol. The van der Waals surface area contributed by atoms with Crippen LogP contribution in [0.1, 0.15) is 16.3 Å². The molecule has 25 heavy (non-hydrogen) atoms. The number of ether oxygens (including phenoxy) is 1. The van der Waals surface area contributed by atoms with Crippen LogP contribution >= 0.6 is 11.3 Å². The van der Waals surface area contributed by atoms with Crippen molar-refractivity contribution >= 4 is 17.2 Å². The van der Waals surface area contributed by atoms with Crippen LogP contribution in [0.25, 0.3) is 0 Å². The second-order valence-corrected chi connectivity index (χ2v) is 6.97. The first-order valence-corrected chi connectivity index (χ1v) is 9.07. The summed E-state index contributed by atoms with van der Waals surface area (Å²) in [5.41, 5.74) is 1.54. The molecule has 2 aromatic rings. The number of thiazole rings is 1. The van der Waals surface area contributed by atoms with Gasteiger partial charge in [0.1, 0.15) is 11.8 Å². The molecule has 0 atom stereocenters. The molecule has 1 amide bonds. The van der Waals surface area contributed by atoms with E-state index in [4.69, 9.17) is 10.00 Å². The van der Waals surface area contributed by atoms with Gasteiger partial charge in [0, 0.05) is 38.1 Å². The van der Waals surface area contributed by atoms with Crippen molar-refractivity contribution in [3.05, 3.63) is 45.9 Å². The van der Waals surface area contributed by atoms with Crippen molar-refractivity contribution in [2.24, 2.45) is 0 Å². The van der Waals surface area contributed by atoms with Gasteiger partial charge >= 0.3 is 0 Å². The molecule has 1 saturated heterocycles. The van der Waals surface area contributed by atoms with Gasteiger partial charge in [-0.1, -0.05) is 12.1 Å². The lowest BCUT2D eigenvalue weighted by atomic mass is 10.2. The van der Waals surface area contributed by atoms with Crippen molar-refractivity contribution < 1.29 is 9.53 Å². The molecule has 1 aromatic heterocycles. The Balaban J connectivity index is 1.46. The van der Waals surface area contributed by atoms with Crippen LogP contribution in [-0.2, 0) is 11.3 Å². The standard InChI is InChI=1S/C18H20N4O2S/c1-14-20-16(13-25-14)11-21-6-8-22(9-7-21)18(23)12-24-17-5-3-2-4-15(17)10-19/h2-5,13H,6-9,11-12H2,1H3. The SMILES string of the molecule is Cc1nc(CN2CCN(C(=O)COc3ccccc3C#N)CC2)cs1. The number of para-hydroxylation sites is 1. The lowest BCUT2D eigenvalue weighted by Gasteiger charge is -2.34. The Hall–Kier alpha value is -2.43. The van der Waals surface area contributed by atoms with E-state index < -0.39 is 0 Å². The van der Waals surface area contributed by atoms with Gasteiger partial charge in [-0.05, 0) is 19.1 Å². The third kappa shape index (κ3) is 4.56. The molecule has 0 aliphatic carbocycles. The second-order valence-electron chi connectivity index (χ2n) is 5.91. The van der Waals surface area contributed by atoms with E-state index in [-0.39, 0.29) is 12.5 Å². The highest BCUT2D eigenvalue weighted by Gasteiger charge is 2.22. The number of aromatic nitrogens is 1. The van der Waals surface area contributed by atoms with Crippen LogP contribution in [0.2, 0.25) is 0 Å². The molecule has 1 aromatic carbocycles. The smallest absolute Gasteiger partial charge is 0.260 e. The highest BCUT2D eigenvalue weighted by molar-refractivity contribution is 7.09. The van der Waals surface area contributed by atoms with Crippen LogP contribution < -0.4 is 4.74 Å². The van der Waals surface area contributed by atoms with E-state index >= 15 is 0 Å². The number of benzene rings is 1. The summed E-state index contributed by atoms with van der Waals surface area (Å²) in [6, 6.07) is 9.02. The van der Waals surface area contributed by atoms with Crippen molar-refractivity contribution in [3.63, 3.8) is 0 Å². The van der Waals surface area contributed by atoms with Crippen LogP contribution in [0.3, 0.4) is 0 Å². The molecular formula is C18H20N4O2S. The molecule has 3 rings (SSSR count). The van der Waals surface area contributed by atoms with Gasteiger partial charge < -0.3 is 9.64 Å². The monoisotopic (exact) mass is 356 g/mol. The molecule has 0 radical (unpaired) electrons. The van der Waals surface area contributed by atoms with Gasteiger partial charge in [0.2, 0.25) is 0 Å². The van der Waals surface area contributed by atoms with Crippen LogP contribution in [0, 0.1) is 18.3 Å².